The highest BCUT2D eigenvalue weighted by Gasteiger charge is 2.29. The molecule has 0 spiro atoms. The van der Waals surface area contributed by atoms with Crippen molar-refractivity contribution in [1.82, 2.24) is 0 Å². The summed E-state index contributed by atoms with van der Waals surface area (Å²) in [4.78, 5) is 21.9. The van der Waals surface area contributed by atoms with E-state index in [0.29, 0.717) is 5.92 Å². The summed E-state index contributed by atoms with van der Waals surface area (Å²) in [6.45, 7) is 3.02. The minimum atomic E-state index is -0.303. The minimum Gasteiger partial charge on any atom is -0.299 e. The molecule has 0 aromatic heterocycles. The first-order valence-corrected chi connectivity index (χ1v) is 4.12. The zero-order valence-corrected chi connectivity index (χ0v) is 7.09. The lowest BCUT2D eigenvalue weighted by Gasteiger charge is -2.07. The SMILES string of the molecule is CC(=O)C(CC1CC1)C(C)=O. The van der Waals surface area contributed by atoms with E-state index in [4.69, 9.17) is 0 Å². The van der Waals surface area contributed by atoms with Gasteiger partial charge in [-0.1, -0.05) is 12.8 Å². The Morgan fingerprint density at radius 1 is 1.27 bits per heavy atom. The van der Waals surface area contributed by atoms with E-state index in [9.17, 15) is 9.59 Å². The molecule has 0 heterocycles. The van der Waals surface area contributed by atoms with E-state index in [2.05, 4.69) is 0 Å². The molecule has 0 aromatic rings. The van der Waals surface area contributed by atoms with Crippen molar-refractivity contribution in [2.24, 2.45) is 11.8 Å². The monoisotopic (exact) mass is 154 g/mol. The van der Waals surface area contributed by atoms with Gasteiger partial charge in [0.05, 0.1) is 5.92 Å². The molecule has 1 saturated carbocycles. The van der Waals surface area contributed by atoms with Crippen molar-refractivity contribution >= 4 is 11.6 Å². The molecule has 2 heteroatoms. The van der Waals surface area contributed by atoms with Gasteiger partial charge in [-0.3, -0.25) is 9.59 Å². The molecule has 0 bridgehead atoms. The molecule has 0 aliphatic heterocycles. The molecule has 0 amide bonds. The highest BCUT2D eigenvalue weighted by Crippen LogP contribution is 2.35. The third-order valence-corrected chi connectivity index (χ3v) is 2.25. The summed E-state index contributed by atoms with van der Waals surface area (Å²) < 4.78 is 0. The zero-order chi connectivity index (χ0) is 8.43. The second-order valence-electron chi connectivity index (χ2n) is 3.45. The maximum Gasteiger partial charge on any atom is 0.140 e. The van der Waals surface area contributed by atoms with Crippen LogP contribution in [0, 0.1) is 11.8 Å². The quantitative estimate of drug-likeness (QED) is 0.576. The van der Waals surface area contributed by atoms with Gasteiger partial charge in [-0.15, -0.1) is 0 Å². The number of Topliss-reactive ketones (excluding diaryl/α,β-unsaturated/α-hetero) is 2. The van der Waals surface area contributed by atoms with Crippen LogP contribution in [0.5, 0.6) is 0 Å². The summed E-state index contributed by atoms with van der Waals surface area (Å²) in [5, 5.41) is 0. The molecule has 62 valence electrons. The van der Waals surface area contributed by atoms with E-state index >= 15 is 0 Å². The average Bonchev–Trinajstić information content (AvgIpc) is 2.63. The van der Waals surface area contributed by atoms with Gasteiger partial charge >= 0.3 is 0 Å². The van der Waals surface area contributed by atoms with Crippen LogP contribution in [0.3, 0.4) is 0 Å². The van der Waals surface area contributed by atoms with Crippen molar-refractivity contribution in [1.29, 1.82) is 0 Å². The summed E-state index contributed by atoms with van der Waals surface area (Å²) in [6.07, 6.45) is 3.21. The molecular formula is C9H14O2. The van der Waals surface area contributed by atoms with E-state index in [1.165, 1.54) is 26.7 Å². The highest BCUT2D eigenvalue weighted by atomic mass is 16.1. The van der Waals surface area contributed by atoms with Crippen LogP contribution < -0.4 is 0 Å². The van der Waals surface area contributed by atoms with Crippen LogP contribution in [0.15, 0.2) is 0 Å². The summed E-state index contributed by atoms with van der Waals surface area (Å²) in [5.41, 5.74) is 0. The standard InChI is InChI=1S/C9H14O2/c1-6(10)9(7(2)11)5-8-3-4-8/h8-9H,3-5H2,1-2H3. The van der Waals surface area contributed by atoms with Crippen LogP contribution in [0.25, 0.3) is 0 Å². The van der Waals surface area contributed by atoms with Crippen LogP contribution >= 0.6 is 0 Å². The van der Waals surface area contributed by atoms with Crippen LogP contribution in [0.4, 0.5) is 0 Å². The molecule has 0 radical (unpaired) electrons. The van der Waals surface area contributed by atoms with Crippen LogP contribution in [-0.2, 0) is 9.59 Å². The highest BCUT2D eigenvalue weighted by molar-refractivity contribution is 6.00. The fraction of sp³-hybridized carbons (Fsp3) is 0.778. The van der Waals surface area contributed by atoms with Gasteiger partial charge in [0.15, 0.2) is 0 Å². The number of carbonyl (C=O) groups excluding carboxylic acids is 2. The van der Waals surface area contributed by atoms with Gasteiger partial charge in [0.1, 0.15) is 11.6 Å². The largest absolute Gasteiger partial charge is 0.299 e. The van der Waals surface area contributed by atoms with Crippen LogP contribution in [0.2, 0.25) is 0 Å². The molecule has 1 rings (SSSR count). The van der Waals surface area contributed by atoms with Crippen molar-refractivity contribution in [2.75, 3.05) is 0 Å². The fourth-order valence-electron chi connectivity index (χ4n) is 1.31. The lowest BCUT2D eigenvalue weighted by molar-refractivity contribution is -0.130. The first-order chi connectivity index (χ1) is 5.11. The smallest absolute Gasteiger partial charge is 0.140 e. The van der Waals surface area contributed by atoms with E-state index in [-0.39, 0.29) is 17.5 Å². The molecule has 0 aromatic carbocycles. The molecule has 2 nitrogen and oxygen atoms in total. The Morgan fingerprint density at radius 3 is 2.00 bits per heavy atom. The Labute approximate surface area is 67.0 Å². The van der Waals surface area contributed by atoms with Gasteiger partial charge in [-0.2, -0.15) is 0 Å². The van der Waals surface area contributed by atoms with Crippen LogP contribution in [0.1, 0.15) is 33.1 Å². The van der Waals surface area contributed by atoms with Crippen molar-refractivity contribution in [3.63, 3.8) is 0 Å². The van der Waals surface area contributed by atoms with Gasteiger partial charge in [-0.05, 0) is 26.2 Å². The van der Waals surface area contributed by atoms with Crippen molar-refractivity contribution in [3.05, 3.63) is 0 Å². The maximum absolute atomic E-state index is 10.9. The van der Waals surface area contributed by atoms with Gasteiger partial charge in [-0.25, -0.2) is 0 Å². The molecule has 0 N–H and O–H groups in total. The second-order valence-corrected chi connectivity index (χ2v) is 3.45. The number of hydrogen-bond donors (Lipinski definition) is 0. The fourth-order valence-corrected chi connectivity index (χ4v) is 1.31. The Balaban J connectivity index is 2.43. The molecule has 0 atom stereocenters. The topological polar surface area (TPSA) is 34.1 Å². The van der Waals surface area contributed by atoms with E-state index in [1.54, 1.807) is 0 Å². The molecular weight excluding hydrogens is 140 g/mol. The minimum absolute atomic E-state index is 0.0319. The van der Waals surface area contributed by atoms with Crippen molar-refractivity contribution < 1.29 is 9.59 Å². The normalized spacial score (nSPS) is 17.0. The molecule has 1 aliphatic rings. The zero-order valence-electron chi connectivity index (χ0n) is 7.09. The Kier molecular flexibility index (Phi) is 2.42. The lowest BCUT2D eigenvalue weighted by atomic mass is 9.94. The Hall–Kier alpha value is -0.660. The third-order valence-electron chi connectivity index (χ3n) is 2.25. The van der Waals surface area contributed by atoms with Gasteiger partial charge in [0.25, 0.3) is 0 Å². The van der Waals surface area contributed by atoms with E-state index in [0.717, 1.165) is 6.42 Å². The Morgan fingerprint density at radius 2 is 1.73 bits per heavy atom. The molecule has 0 unspecified atom stereocenters. The molecule has 0 saturated heterocycles. The van der Waals surface area contributed by atoms with Crippen molar-refractivity contribution in [3.8, 4) is 0 Å². The molecule has 1 aliphatic carbocycles. The second kappa shape index (κ2) is 3.16. The third kappa shape index (κ3) is 2.45. The number of rotatable bonds is 4. The van der Waals surface area contributed by atoms with Gasteiger partial charge < -0.3 is 0 Å². The van der Waals surface area contributed by atoms with Gasteiger partial charge in [0.2, 0.25) is 0 Å². The average molecular weight is 154 g/mol. The number of ketones is 2. The molecule has 1 fully saturated rings. The Bertz CT molecular complexity index is 166. The summed E-state index contributed by atoms with van der Waals surface area (Å²) in [7, 11) is 0. The van der Waals surface area contributed by atoms with E-state index in [1.807, 2.05) is 0 Å². The first-order valence-electron chi connectivity index (χ1n) is 4.12. The number of carbonyl (C=O) groups is 2. The van der Waals surface area contributed by atoms with Crippen molar-refractivity contribution in [2.45, 2.75) is 33.1 Å². The van der Waals surface area contributed by atoms with E-state index < -0.39 is 0 Å². The maximum atomic E-state index is 10.9. The number of hydrogen-bond acceptors (Lipinski definition) is 2. The molecule has 11 heavy (non-hydrogen) atoms. The lowest BCUT2D eigenvalue weighted by Crippen LogP contribution is -2.19. The predicted molar refractivity (Wildman–Crippen MR) is 42.2 cm³/mol. The first kappa shape index (κ1) is 8.44. The summed E-state index contributed by atoms with van der Waals surface area (Å²) in [5.74, 6) is 0.420. The van der Waals surface area contributed by atoms with Crippen LogP contribution in [-0.4, -0.2) is 11.6 Å². The summed E-state index contributed by atoms with van der Waals surface area (Å²) >= 11 is 0. The van der Waals surface area contributed by atoms with Gasteiger partial charge in [0, 0.05) is 0 Å². The predicted octanol–water partition coefficient (Wildman–Crippen LogP) is 1.58. The summed E-state index contributed by atoms with van der Waals surface area (Å²) in [6, 6.07) is 0.